The van der Waals surface area contributed by atoms with Gasteiger partial charge in [-0.1, -0.05) is 30.3 Å². The zero-order valence-corrected chi connectivity index (χ0v) is 16.6. The lowest BCUT2D eigenvalue weighted by molar-refractivity contribution is 0.564. The topological polar surface area (TPSA) is 58.4 Å². The lowest BCUT2D eigenvalue weighted by Gasteiger charge is -2.21. The van der Waals surface area contributed by atoms with Gasteiger partial charge in [-0.3, -0.25) is 0 Å². The smallest absolute Gasteiger partial charge is 0.360 e. The number of rotatable bonds is 6. The molecule has 0 aliphatic carbocycles. The van der Waals surface area contributed by atoms with Crippen LogP contribution in [-0.4, -0.2) is 18.1 Å². The maximum Gasteiger partial charge on any atom is 0.360 e. The average Bonchev–Trinajstić information content (AvgIpc) is 3.19. The molecule has 4 aromatic rings. The van der Waals surface area contributed by atoms with Crippen molar-refractivity contribution >= 4 is 38.8 Å². The summed E-state index contributed by atoms with van der Waals surface area (Å²) in [5, 5.41) is 6.60. The van der Waals surface area contributed by atoms with E-state index in [1.807, 2.05) is 53.9 Å². The Bertz CT molecular complexity index is 1150. The summed E-state index contributed by atoms with van der Waals surface area (Å²) in [6.07, 6.45) is 0. The highest BCUT2D eigenvalue weighted by Crippen LogP contribution is 2.28. The van der Waals surface area contributed by atoms with Crippen molar-refractivity contribution in [2.45, 2.75) is 13.8 Å². The van der Waals surface area contributed by atoms with Crippen molar-refractivity contribution in [2.75, 3.05) is 23.3 Å². The van der Waals surface area contributed by atoms with Crippen molar-refractivity contribution in [3.05, 3.63) is 70.4 Å². The molecule has 6 heteroatoms. The van der Waals surface area contributed by atoms with Gasteiger partial charge in [0.05, 0.1) is 5.69 Å². The van der Waals surface area contributed by atoms with E-state index in [-0.39, 0.29) is 0 Å². The first-order chi connectivity index (χ1) is 13.7. The minimum absolute atomic E-state index is 0.386. The summed E-state index contributed by atoms with van der Waals surface area (Å²) in [7, 11) is 0. The van der Waals surface area contributed by atoms with E-state index in [2.05, 4.69) is 35.1 Å². The average molecular weight is 391 g/mol. The van der Waals surface area contributed by atoms with Crippen molar-refractivity contribution in [3.8, 4) is 11.3 Å². The van der Waals surface area contributed by atoms with Crippen molar-refractivity contribution in [1.29, 1.82) is 0 Å². The molecule has 0 fully saturated rings. The highest BCUT2D eigenvalue weighted by molar-refractivity contribution is 7.14. The van der Waals surface area contributed by atoms with Crippen LogP contribution in [0.4, 0.5) is 16.5 Å². The van der Waals surface area contributed by atoms with Gasteiger partial charge in [-0.25, -0.2) is 9.78 Å². The first kappa shape index (κ1) is 18.3. The second-order valence-electron chi connectivity index (χ2n) is 6.37. The molecule has 4 rings (SSSR count). The highest BCUT2D eigenvalue weighted by atomic mass is 32.1. The predicted molar refractivity (Wildman–Crippen MR) is 117 cm³/mol. The minimum atomic E-state index is -0.402. The molecule has 0 saturated carbocycles. The molecule has 28 heavy (non-hydrogen) atoms. The van der Waals surface area contributed by atoms with Gasteiger partial charge in [0.25, 0.3) is 0 Å². The number of hydrogen-bond acceptors (Lipinski definition) is 6. The van der Waals surface area contributed by atoms with Crippen LogP contribution in [0.1, 0.15) is 13.8 Å². The molecule has 2 aromatic heterocycles. The first-order valence-electron chi connectivity index (χ1n) is 9.28. The molecule has 0 spiro atoms. The van der Waals surface area contributed by atoms with Crippen LogP contribution in [0.15, 0.2) is 69.2 Å². The van der Waals surface area contributed by atoms with Crippen molar-refractivity contribution in [2.24, 2.45) is 0 Å². The maximum atomic E-state index is 12.5. The molecule has 0 bridgehead atoms. The van der Waals surface area contributed by atoms with Gasteiger partial charge in [-0.15, -0.1) is 11.3 Å². The summed E-state index contributed by atoms with van der Waals surface area (Å²) in [6, 6.07) is 17.7. The summed E-state index contributed by atoms with van der Waals surface area (Å²) >= 11 is 1.46. The quantitative estimate of drug-likeness (QED) is 0.439. The molecular formula is C22H21N3O2S. The Kier molecular flexibility index (Phi) is 5.12. The van der Waals surface area contributed by atoms with Gasteiger partial charge in [0.2, 0.25) is 0 Å². The number of nitrogens with zero attached hydrogens (tertiary/aromatic N) is 2. The van der Waals surface area contributed by atoms with E-state index in [1.54, 1.807) is 0 Å². The third-order valence-electron chi connectivity index (χ3n) is 4.66. The monoisotopic (exact) mass is 391 g/mol. The summed E-state index contributed by atoms with van der Waals surface area (Å²) in [5.74, 6) is 0. The number of nitrogens with one attached hydrogen (secondary N) is 1. The zero-order valence-electron chi connectivity index (χ0n) is 15.8. The largest absolute Gasteiger partial charge is 0.421 e. The Balaban J connectivity index is 1.63. The number of hydrogen-bond donors (Lipinski definition) is 1. The number of aromatic nitrogens is 1. The lowest BCUT2D eigenvalue weighted by Crippen LogP contribution is -2.21. The van der Waals surface area contributed by atoms with Crippen LogP contribution in [0.5, 0.6) is 0 Å². The molecule has 0 radical (unpaired) electrons. The molecule has 0 aliphatic heterocycles. The number of fused-ring (bicyclic) bond motifs is 1. The highest BCUT2D eigenvalue weighted by Gasteiger charge is 2.11. The van der Waals surface area contributed by atoms with Crippen molar-refractivity contribution in [3.63, 3.8) is 0 Å². The van der Waals surface area contributed by atoms with Gasteiger partial charge in [0.1, 0.15) is 11.3 Å². The summed E-state index contributed by atoms with van der Waals surface area (Å²) < 4.78 is 5.57. The normalized spacial score (nSPS) is 10.9. The van der Waals surface area contributed by atoms with Crippen molar-refractivity contribution in [1.82, 2.24) is 4.98 Å². The Morgan fingerprint density at radius 3 is 2.61 bits per heavy atom. The summed E-state index contributed by atoms with van der Waals surface area (Å²) in [4.78, 5) is 19.3. The van der Waals surface area contributed by atoms with E-state index >= 15 is 0 Å². The molecule has 5 nitrogen and oxygen atoms in total. The van der Waals surface area contributed by atoms with Crippen LogP contribution in [0.2, 0.25) is 0 Å². The zero-order chi connectivity index (χ0) is 19.5. The summed E-state index contributed by atoms with van der Waals surface area (Å²) in [6.45, 7) is 6.02. The fourth-order valence-electron chi connectivity index (χ4n) is 3.16. The van der Waals surface area contributed by atoms with E-state index in [1.165, 1.54) is 11.3 Å². The maximum absolute atomic E-state index is 12.5. The van der Waals surface area contributed by atoms with Gasteiger partial charge in [0.15, 0.2) is 5.13 Å². The van der Waals surface area contributed by atoms with Crippen LogP contribution in [0, 0.1) is 0 Å². The SMILES string of the molecule is CCN(CC)c1ccc2cc(Nc3nc(-c4ccccc4)cs3)c(=O)oc2c1. The van der Waals surface area contributed by atoms with Gasteiger partial charge >= 0.3 is 5.63 Å². The molecule has 2 heterocycles. The van der Waals surface area contributed by atoms with E-state index in [0.29, 0.717) is 16.4 Å². The molecule has 2 aromatic carbocycles. The Labute approximate surface area is 167 Å². The second kappa shape index (κ2) is 7.86. The van der Waals surface area contributed by atoms with Crippen LogP contribution >= 0.6 is 11.3 Å². The van der Waals surface area contributed by atoms with Gasteiger partial charge in [-0.2, -0.15) is 0 Å². The molecule has 142 valence electrons. The van der Waals surface area contributed by atoms with Gasteiger partial charge < -0.3 is 14.6 Å². The molecular weight excluding hydrogens is 370 g/mol. The third-order valence-corrected chi connectivity index (χ3v) is 5.42. The predicted octanol–water partition coefficient (Wildman–Crippen LogP) is 5.51. The lowest BCUT2D eigenvalue weighted by atomic mass is 10.2. The molecule has 0 aliphatic rings. The standard InChI is InChI=1S/C22H21N3O2S/c1-3-25(4-2)17-11-10-16-12-18(21(26)27-20(16)13-17)23-22-24-19(14-28-22)15-8-6-5-7-9-15/h5-14H,3-4H2,1-2H3,(H,23,24). The Morgan fingerprint density at radius 1 is 1.07 bits per heavy atom. The van der Waals surface area contributed by atoms with Crippen LogP contribution in [0.3, 0.4) is 0 Å². The molecule has 0 unspecified atom stereocenters. The van der Waals surface area contributed by atoms with E-state index < -0.39 is 5.63 Å². The third kappa shape index (κ3) is 3.64. The van der Waals surface area contributed by atoms with Crippen molar-refractivity contribution < 1.29 is 4.42 Å². The first-order valence-corrected chi connectivity index (χ1v) is 10.2. The minimum Gasteiger partial charge on any atom is -0.421 e. The molecule has 0 saturated heterocycles. The fraction of sp³-hybridized carbons (Fsp3) is 0.182. The van der Waals surface area contributed by atoms with Crippen LogP contribution in [-0.2, 0) is 0 Å². The Hall–Kier alpha value is -3.12. The fourth-order valence-corrected chi connectivity index (χ4v) is 3.89. The molecule has 1 N–H and O–H groups in total. The van der Waals surface area contributed by atoms with E-state index in [0.717, 1.165) is 35.4 Å². The summed E-state index contributed by atoms with van der Waals surface area (Å²) in [5.41, 5.74) is 3.54. The van der Waals surface area contributed by atoms with Crippen LogP contribution in [0.25, 0.3) is 22.2 Å². The molecule has 0 atom stereocenters. The van der Waals surface area contributed by atoms with Gasteiger partial charge in [-0.05, 0) is 32.0 Å². The number of benzene rings is 2. The number of anilines is 3. The van der Waals surface area contributed by atoms with Gasteiger partial charge in [0, 0.05) is 41.2 Å². The molecule has 0 amide bonds. The van der Waals surface area contributed by atoms with E-state index in [9.17, 15) is 4.79 Å². The van der Waals surface area contributed by atoms with Crippen LogP contribution < -0.4 is 15.8 Å². The second-order valence-corrected chi connectivity index (χ2v) is 7.23. The van der Waals surface area contributed by atoms with E-state index in [4.69, 9.17) is 4.42 Å². The number of thiazole rings is 1. The Morgan fingerprint density at radius 2 is 1.86 bits per heavy atom.